The van der Waals surface area contributed by atoms with Gasteiger partial charge in [0.15, 0.2) is 0 Å². The highest BCUT2D eigenvalue weighted by Gasteiger charge is 2.14. The normalized spacial score (nSPS) is 19.7. The third kappa shape index (κ3) is 3.46. The lowest BCUT2D eigenvalue weighted by Crippen LogP contribution is -2.01. The van der Waals surface area contributed by atoms with E-state index in [9.17, 15) is 0 Å². The number of rotatable bonds is 1. The molecule has 1 fully saturated rings. The molecule has 2 rings (SSSR count). The van der Waals surface area contributed by atoms with E-state index in [4.69, 9.17) is 8.39 Å². The van der Waals surface area contributed by atoms with E-state index in [1.165, 1.54) is 44.9 Å². The fourth-order valence-electron chi connectivity index (χ4n) is 2.27. The lowest BCUT2D eigenvalue weighted by Gasteiger charge is -2.17. The third-order valence-electron chi connectivity index (χ3n) is 3.12. The van der Waals surface area contributed by atoms with E-state index in [0.29, 0.717) is 5.92 Å². The number of hydrogen-bond donors (Lipinski definition) is 0. The molecule has 1 aliphatic carbocycles. The van der Waals surface area contributed by atoms with E-state index in [1.807, 2.05) is 6.07 Å². The van der Waals surface area contributed by atoms with Gasteiger partial charge in [-0.2, -0.15) is 0 Å². The van der Waals surface area contributed by atoms with E-state index in [1.54, 1.807) is 6.26 Å². The van der Waals surface area contributed by atoms with Crippen LogP contribution in [-0.2, 0) is 0 Å². The van der Waals surface area contributed by atoms with E-state index in [-0.39, 0.29) is 8.67 Å². The van der Waals surface area contributed by atoms with Crippen LogP contribution in [0.1, 0.15) is 56.6 Å². The fourth-order valence-corrected chi connectivity index (χ4v) is 2.78. The topological polar surface area (TPSA) is 26.3 Å². The molecule has 84 valence electrons. The molecule has 1 heterocycles. The Balaban J connectivity index is 2.07. The summed E-state index contributed by atoms with van der Waals surface area (Å²) in [6.45, 7) is 0. The van der Waals surface area contributed by atoms with Gasteiger partial charge in [0.05, 0.1) is 6.26 Å². The molecule has 0 aromatic carbocycles. The second kappa shape index (κ2) is 6.07. The van der Waals surface area contributed by atoms with Crippen LogP contribution in [0.15, 0.2) is 26.8 Å². The first kappa shape index (κ1) is 10.9. The van der Waals surface area contributed by atoms with Gasteiger partial charge in [0.1, 0.15) is 5.76 Å². The average molecular weight is 226 g/mol. The molecule has 1 aromatic rings. The van der Waals surface area contributed by atoms with Crippen molar-refractivity contribution in [1.29, 1.82) is 0 Å². The van der Waals surface area contributed by atoms with Crippen molar-refractivity contribution in [3.8, 4) is 0 Å². The summed E-state index contributed by atoms with van der Waals surface area (Å²) >= 11 is 0. The van der Waals surface area contributed by atoms with Crippen LogP contribution in [0.5, 0.6) is 0 Å². The van der Waals surface area contributed by atoms with Crippen molar-refractivity contribution in [2.75, 3.05) is 0 Å². The Morgan fingerprint density at radius 2 is 1.80 bits per heavy atom. The van der Waals surface area contributed by atoms with Crippen LogP contribution < -0.4 is 0 Å². The van der Waals surface area contributed by atoms with Crippen molar-refractivity contribution in [2.45, 2.75) is 50.9 Å². The summed E-state index contributed by atoms with van der Waals surface area (Å²) in [5.74, 6) is 1.77. The molecule has 1 aliphatic rings. The molecule has 1 saturated carbocycles. The molecule has 0 saturated heterocycles. The van der Waals surface area contributed by atoms with Crippen LogP contribution in [0.4, 0.5) is 0 Å². The predicted octanol–water partition coefficient (Wildman–Crippen LogP) is 4.86. The van der Waals surface area contributed by atoms with E-state index in [0.717, 1.165) is 5.76 Å². The maximum Gasteiger partial charge on any atom is 0.200 e. The summed E-state index contributed by atoms with van der Waals surface area (Å²) in [4.78, 5) is 0. The van der Waals surface area contributed by atoms with E-state index >= 15 is 0 Å². The second-order valence-electron chi connectivity index (χ2n) is 4.24. The molecule has 3 heteroatoms. The van der Waals surface area contributed by atoms with Crippen LogP contribution >= 0.6 is 8.67 Å². The van der Waals surface area contributed by atoms with Gasteiger partial charge in [-0.05, 0) is 25.0 Å². The van der Waals surface area contributed by atoms with Crippen LogP contribution in [0.3, 0.4) is 0 Å². The molecule has 1 atom stereocenters. The highest BCUT2D eigenvalue weighted by Crippen LogP contribution is 2.31. The van der Waals surface area contributed by atoms with Crippen molar-refractivity contribution >= 4 is 8.67 Å². The van der Waals surface area contributed by atoms with Crippen molar-refractivity contribution in [1.82, 2.24) is 0 Å². The monoisotopic (exact) mass is 226 g/mol. The first-order valence-electron chi connectivity index (χ1n) is 5.91. The molecular formula is C12H19O2P. The van der Waals surface area contributed by atoms with Gasteiger partial charge in [-0.25, -0.2) is 0 Å². The maximum atomic E-state index is 5.64. The lowest BCUT2D eigenvalue weighted by atomic mass is 9.89. The minimum Gasteiger partial charge on any atom is -0.430 e. The largest absolute Gasteiger partial charge is 0.430 e. The Bertz CT molecular complexity index is 282. The van der Waals surface area contributed by atoms with Gasteiger partial charge in [-0.3, -0.25) is 0 Å². The van der Waals surface area contributed by atoms with Gasteiger partial charge in [-0.15, -0.1) is 0 Å². The molecule has 0 aliphatic heterocycles. The molecule has 0 radical (unpaired) electrons. The van der Waals surface area contributed by atoms with Crippen LogP contribution in [0.25, 0.3) is 0 Å². The minimum absolute atomic E-state index is 0.140. The molecular weight excluding hydrogens is 207 g/mol. The summed E-state index contributed by atoms with van der Waals surface area (Å²) in [5.41, 5.74) is 0. The standard InChI is InChI=1S/C12H19O2P/c1-2-4-7-11(8-5-3-1)12-9-6-10-13-15-14-12/h6,9-11,15H,1-5,7-8H2. The first-order valence-corrected chi connectivity index (χ1v) is 6.73. The lowest BCUT2D eigenvalue weighted by molar-refractivity contribution is 0.407. The highest BCUT2D eigenvalue weighted by atomic mass is 31.1. The summed E-state index contributed by atoms with van der Waals surface area (Å²) < 4.78 is 10.8. The maximum absolute atomic E-state index is 5.64. The zero-order valence-corrected chi connectivity index (χ0v) is 10.1. The van der Waals surface area contributed by atoms with Gasteiger partial charge < -0.3 is 8.39 Å². The van der Waals surface area contributed by atoms with E-state index in [2.05, 4.69) is 6.07 Å². The van der Waals surface area contributed by atoms with Crippen molar-refractivity contribution in [3.63, 3.8) is 0 Å². The molecule has 1 aromatic heterocycles. The zero-order chi connectivity index (χ0) is 10.3. The van der Waals surface area contributed by atoms with Crippen molar-refractivity contribution < 1.29 is 8.39 Å². The van der Waals surface area contributed by atoms with Gasteiger partial charge in [0.2, 0.25) is 8.67 Å². The van der Waals surface area contributed by atoms with Crippen molar-refractivity contribution in [3.05, 3.63) is 24.2 Å². The molecule has 1 unspecified atom stereocenters. The average Bonchev–Trinajstić information content (AvgIpc) is 2.45. The van der Waals surface area contributed by atoms with Gasteiger partial charge in [0, 0.05) is 5.92 Å². The number of hydrogen-bond acceptors (Lipinski definition) is 2. The van der Waals surface area contributed by atoms with Gasteiger partial charge in [-0.1, -0.05) is 32.1 Å². The SMILES string of the molecule is c1co[pH]oc(C2CCCCCCC2)c1. The van der Waals surface area contributed by atoms with Gasteiger partial charge >= 0.3 is 0 Å². The van der Waals surface area contributed by atoms with Crippen LogP contribution in [0.2, 0.25) is 0 Å². The third-order valence-corrected chi connectivity index (χ3v) is 3.67. The summed E-state index contributed by atoms with van der Waals surface area (Å²) in [6.07, 6.45) is 11.2. The molecule has 0 spiro atoms. The summed E-state index contributed by atoms with van der Waals surface area (Å²) in [5, 5.41) is 0. The predicted molar refractivity (Wildman–Crippen MR) is 63.2 cm³/mol. The van der Waals surface area contributed by atoms with Crippen molar-refractivity contribution in [2.24, 2.45) is 0 Å². The summed E-state index contributed by atoms with van der Waals surface area (Å²) in [7, 11) is 0.140. The molecule has 0 bridgehead atoms. The Kier molecular flexibility index (Phi) is 4.40. The highest BCUT2D eigenvalue weighted by molar-refractivity contribution is 7.15. The van der Waals surface area contributed by atoms with E-state index < -0.39 is 0 Å². The minimum atomic E-state index is 0.140. The Labute approximate surface area is 92.6 Å². The molecule has 2 nitrogen and oxygen atoms in total. The quantitative estimate of drug-likeness (QED) is 0.683. The Morgan fingerprint density at radius 1 is 1.07 bits per heavy atom. The van der Waals surface area contributed by atoms with Crippen LogP contribution in [0, 0.1) is 0 Å². The Hall–Kier alpha value is -0.620. The second-order valence-corrected chi connectivity index (χ2v) is 4.85. The molecule has 0 amide bonds. The Morgan fingerprint density at radius 3 is 2.60 bits per heavy atom. The zero-order valence-electron chi connectivity index (χ0n) is 9.08. The molecule has 15 heavy (non-hydrogen) atoms. The first-order chi connectivity index (χ1) is 7.47. The summed E-state index contributed by atoms with van der Waals surface area (Å²) in [6, 6.07) is 4.03. The molecule has 0 N–H and O–H groups in total. The smallest absolute Gasteiger partial charge is 0.200 e. The van der Waals surface area contributed by atoms with Crippen LogP contribution in [-0.4, -0.2) is 0 Å². The van der Waals surface area contributed by atoms with Gasteiger partial charge in [0.25, 0.3) is 0 Å². The fraction of sp³-hybridized carbons (Fsp3) is 0.667.